The van der Waals surface area contributed by atoms with Gasteiger partial charge in [-0.1, -0.05) is 12.1 Å². The quantitative estimate of drug-likeness (QED) is 0.789. The molecule has 3 aliphatic rings. The maximum Gasteiger partial charge on any atom is 0.303 e. The lowest BCUT2D eigenvalue weighted by molar-refractivity contribution is -0.193. The molecule has 3 heterocycles. The van der Waals surface area contributed by atoms with Gasteiger partial charge in [0.15, 0.2) is 11.5 Å². The second-order valence-corrected chi connectivity index (χ2v) is 8.94. The second-order valence-electron chi connectivity index (χ2n) is 8.94. The predicted molar refractivity (Wildman–Crippen MR) is 110 cm³/mol. The minimum atomic E-state index is -0.944. The van der Waals surface area contributed by atoms with Crippen molar-refractivity contribution in [1.29, 1.82) is 0 Å². The lowest BCUT2D eigenvalue weighted by Gasteiger charge is -2.54. The van der Waals surface area contributed by atoms with E-state index in [1.165, 1.54) is 0 Å². The number of para-hydroxylation sites is 1. The Morgan fingerprint density at radius 2 is 2.10 bits per heavy atom. The third kappa shape index (κ3) is 3.75. The molecule has 164 valence electrons. The van der Waals surface area contributed by atoms with Crippen molar-refractivity contribution in [3.8, 4) is 11.5 Å². The van der Waals surface area contributed by atoms with E-state index in [9.17, 15) is 9.59 Å². The Balaban J connectivity index is 1.61. The number of rotatable bonds is 5. The first kappa shape index (κ1) is 21.0. The molecule has 7 heteroatoms. The van der Waals surface area contributed by atoms with E-state index in [2.05, 4.69) is 13.8 Å². The number of hydrogen-bond donors (Lipinski definition) is 1. The summed E-state index contributed by atoms with van der Waals surface area (Å²) in [7, 11) is 0. The lowest BCUT2D eigenvalue weighted by atomic mass is 9.72. The van der Waals surface area contributed by atoms with Gasteiger partial charge in [0.05, 0.1) is 31.3 Å². The molecule has 0 spiro atoms. The zero-order valence-corrected chi connectivity index (χ0v) is 17.9. The van der Waals surface area contributed by atoms with E-state index < -0.39 is 11.6 Å². The third-order valence-electron chi connectivity index (χ3n) is 6.65. The summed E-state index contributed by atoms with van der Waals surface area (Å²) in [6.45, 7) is 7.31. The molecule has 0 radical (unpaired) electrons. The van der Waals surface area contributed by atoms with Crippen LogP contribution in [0.3, 0.4) is 0 Å². The van der Waals surface area contributed by atoms with Crippen molar-refractivity contribution in [3.05, 3.63) is 23.8 Å². The number of piperidine rings is 1. The van der Waals surface area contributed by atoms with Crippen molar-refractivity contribution in [1.82, 2.24) is 4.90 Å². The number of carboxylic acids is 1. The molecule has 4 rings (SSSR count). The molecule has 0 saturated carbocycles. The molecule has 1 aromatic rings. The fourth-order valence-electron chi connectivity index (χ4n) is 5.21. The number of carbonyl (C=O) groups is 2. The summed E-state index contributed by atoms with van der Waals surface area (Å²) in [6, 6.07) is 5.90. The summed E-state index contributed by atoms with van der Waals surface area (Å²) >= 11 is 0. The molecule has 1 amide bonds. The summed E-state index contributed by atoms with van der Waals surface area (Å²) in [5, 5.41) is 8.95. The molecular weight excluding hydrogens is 386 g/mol. The molecule has 0 aromatic heterocycles. The average molecular weight is 418 g/mol. The second kappa shape index (κ2) is 8.10. The van der Waals surface area contributed by atoms with Crippen LogP contribution in [-0.2, 0) is 14.3 Å². The first-order chi connectivity index (χ1) is 14.3. The number of ether oxygens (including phenoxy) is 3. The Bertz CT molecular complexity index is 822. The van der Waals surface area contributed by atoms with Crippen LogP contribution in [0.25, 0.3) is 0 Å². The normalized spacial score (nSPS) is 29.1. The number of aliphatic carboxylic acids is 1. The van der Waals surface area contributed by atoms with E-state index in [0.29, 0.717) is 13.2 Å². The van der Waals surface area contributed by atoms with Gasteiger partial charge in [-0.2, -0.15) is 0 Å². The zero-order chi connectivity index (χ0) is 21.5. The van der Waals surface area contributed by atoms with Gasteiger partial charge in [-0.25, -0.2) is 0 Å². The fraction of sp³-hybridized carbons (Fsp3) is 0.652. The molecule has 1 aromatic carbocycles. The van der Waals surface area contributed by atoms with Gasteiger partial charge in [0.1, 0.15) is 5.60 Å². The van der Waals surface area contributed by atoms with Crippen molar-refractivity contribution in [2.24, 2.45) is 5.92 Å². The van der Waals surface area contributed by atoms with Gasteiger partial charge in [-0.05, 0) is 46.1 Å². The standard InChI is InChI=1S/C23H31NO6/c1-4-28-18-8-5-7-14-21-15(23(2,3)30-22(14)18)13-16-17(29-21)9-6-12-24(16)19(25)10-11-20(26)27/h5,7-8,15-17,21H,4,6,9-13H2,1-3H3,(H,26,27)/t15-,16-,17-,21+/m0/s1. The summed E-state index contributed by atoms with van der Waals surface area (Å²) < 4.78 is 18.9. The molecule has 2 saturated heterocycles. The van der Waals surface area contributed by atoms with E-state index >= 15 is 0 Å². The molecular formula is C23H31NO6. The molecule has 2 fully saturated rings. The smallest absolute Gasteiger partial charge is 0.303 e. The fourth-order valence-corrected chi connectivity index (χ4v) is 5.21. The van der Waals surface area contributed by atoms with Gasteiger partial charge in [0.2, 0.25) is 5.91 Å². The van der Waals surface area contributed by atoms with Crippen molar-refractivity contribution < 1.29 is 28.9 Å². The number of benzene rings is 1. The van der Waals surface area contributed by atoms with Gasteiger partial charge < -0.3 is 24.2 Å². The highest BCUT2D eigenvalue weighted by Gasteiger charge is 2.53. The first-order valence-electron chi connectivity index (χ1n) is 10.9. The topological polar surface area (TPSA) is 85.3 Å². The lowest BCUT2D eigenvalue weighted by Crippen LogP contribution is -2.60. The van der Waals surface area contributed by atoms with Gasteiger partial charge in [-0.3, -0.25) is 9.59 Å². The number of amides is 1. The summed E-state index contributed by atoms with van der Waals surface area (Å²) in [5.74, 6) is 0.537. The Kier molecular flexibility index (Phi) is 5.66. The van der Waals surface area contributed by atoms with Crippen molar-refractivity contribution in [2.45, 2.75) is 76.7 Å². The van der Waals surface area contributed by atoms with Crippen LogP contribution in [-0.4, -0.2) is 52.8 Å². The predicted octanol–water partition coefficient (Wildman–Crippen LogP) is 3.56. The van der Waals surface area contributed by atoms with Crippen LogP contribution in [0.4, 0.5) is 0 Å². The maximum absolute atomic E-state index is 12.8. The van der Waals surface area contributed by atoms with Gasteiger partial charge in [-0.15, -0.1) is 0 Å². The van der Waals surface area contributed by atoms with Crippen LogP contribution in [0.2, 0.25) is 0 Å². The molecule has 0 aliphatic carbocycles. The summed E-state index contributed by atoms with van der Waals surface area (Å²) in [6.07, 6.45) is 2.28. The number of hydrogen-bond acceptors (Lipinski definition) is 5. The molecule has 30 heavy (non-hydrogen) atoms. The molecule has 0 unspecified atom stereocenters. The third-order valence-corrected chi connectivity index (χ3v) is 6.65. The highest BCUT2D eigenvalue weighted by molar-refractivity contribution is 5.81. The Hall–Kier alpha value is -2.28. The minimum absolute atomic E-state index is 0.0348. The Morgan fingerprint density at radius 3 is 2.83 bits per heavy atom. The van der Waals surface area contributed by atoms with Gasteiger partial charge in [0, 0.05) is 24.4 Å². The van der Waals surface area contributed by atoms with Crippen molar-refractivity contribution in [3.63, 3.8) is 0 Å². The van der Waals surface area contributed by atoms with E-state index in [-0.39, 0.29) is 42.9 Å². The van der Waals surface area contributed by atoms with E-state index in [0.717, 1.165) is 36.3 Å². The van der Waals surface area contributed by atoms with Gasteiger partial charge >= 0.3 is 5.97 Å². The molecule has 1 N–H and O–H groups in total. The molecule has 4 atom stereocenters. The van der Waals surface area contributed by atoms with Crippen LogP contribution in [0, 0.1) is 5.92 Å². The van der Waals surface area contributed by atoms with Crippen LogP contribution < -0.4 is 9.47 Å². The summed E-state index contributed by atoms with van der Waals surface area (Å²) in [5.41, 5.74) is 0.529. The first-order valence-corrected chi connectivity index (χ1v) is 10.9. The maximum atomic E-state index is 12.8. The van der Waals surface area contributed by atoms with Crippen LogP contribution in [0.1, 0.15) is 64.5 Å². The average Bonchev–Trinajstić information content (AvgIpc) is 2.71. The van der Waals surface area contributed by atoms with Crippen LogP contribution >= 0.6 is 0 Å². The number of fused-ring (bicyclic) bond motifs is 4. The molecule has 3 aliphatic heterocycles. The minimum Gasteiger partial charge on any atom is -0.490 e. The van der Waals surface area contributed by atoms with Crippen molar-refractivity contribution in [2.75, 3.05) is 13.2 Å². The highest BCUT2D eigenvalue weighted by atomic mass is 16.5. The number of nitrogens with zero attached hydrogens (tertiary/aromatic N) is 1. The van der Waals surface area contributed by atoms with E-state index in [1.54, 1.807) is 0 Å². The zero-order valence-electron chi connectivity index (χ0n) is 17.9. The number of likely N-dealkylation sites (tertiary alicyclic amines) is 1. The van der Waals surface area contributed by atoms with E-state index in [1.807, 2.05) is 30.0 Å². The monoisotopic (exact) mass is 417 g/mol. The van der Waals surface area contributed by atoms with E-state index in [4.69, 9.17) is 19.3 Å². The SMILES string of the molecule is CCOc1cccc2c1OC(C)(C)[C@H]1C[C@H]3[C@H](CCCN3C(=O)CCC(=O)O)O[C@H]21. The number of carbonyl (C=O) groups excluding carboxylic acids is 1. The Morgan fingerprint density at radius 1 is 1.30 bits per heavy atom. The Labute approximate surface area is 177 Å². The largest absolute Gasteiger partial charge is 0.490 e. The van der Waals surface area contributed by atoms with Gasteiger partial charge in [0.25, 0.3) is 0 Å². The highest BCUT2D eigenvalue weighted by Crippen LogP contribution is 2.54. The van der Waals surface area contributed by atoms with Crippen molar-refractivity contribution >= 4 is 11.9 Å². The molecule has 7 nitrogen and oxygen atoms in total. The summed E-state index contributed by atoms with van der Waals surface area (Å²) in [4.78, 5) is 25.5. The number of carboxylic acid groups (broad SMARTS) is 1. The van der Waals surface area contributed by atoms with Crippen LogP contribution in [0.5, 0.6) is 11.5 Å². The van der Waals surface area contributed by atoms with Crippen LogP contribution in [0.15, 0.2) is 18.2 Å². The molecule has 0 bridgehead atoms.